The summed E-state index contributed by atoms with van der Waals surface area (Å²) in [5.41, 5.74) is -0.125. The normalized spacial score (nSPS) is 10.7. The van der Waals surface area contributed by atoms with Gasteiger partial charge < -0.3 is 10.6 Å². The number of carbonyl (C=O) groups is 1. The second kappa shape index (κ2) is 8.87. The van der Waals surface area contributed by atoms with Crippen molar-refractivity contribution in [3.8, 4) is 6.07 Å². The van der Waals surface area contributed by atoms with Gasteiger partial charge in [-0.1, -0.05) is 11.6 Å². The van der Waals surface area contributed by atoms with Crippen molar-refractivity contribution in [1.82, 2.24) is 5.32 Å². The Hall–Kier alpha value is -2.30. The summed E-state index contributed by atoms with van der Waals surface area (Å²) >= 11 is 11.4. The summed E-state index contributed by atoms with van der Waals surface area (Å²) in [6.45, 7) is 0.346. The number of benzene rings is 1. The van der Waals surface area contributed by atoms with Crippen LogP contribution in [0.4, 0.5) is 11.4 Å². The topological polar surface area (TPSA) is 108 Å². The lowest BCUT2D eigenvalue weighted by Crippen LogP contribution is -2.26. The molecule has 0 radical (unpaired) electrons. The van der Waals surface area contributed by atoms with E-state index in [0.717, 1.165) is 6.20 Å². The standard InChI is InChI=1S/C13H12Cl2N4O3/c14-4-1-5-17-13(20)9(7-16)8-18-12-6-10(19(21)22)2-3-11(12)15/h2-3,6,8,18H,1,4-5H2,(H,17,20)/b9-8-. The Morgan fingerprint density at radius 1 is 1.50 bits per heavy atom. The number of nitro benzene ring substituents is 1. The van der Waals surface area contributed by atoms with E-state index in [1.54, 1.807) is 6.07 Å². The average molecular weight is 343 g/mol. The number of non-ortho nitro benzene ring substituents is 1. The fraction of sp³-hybridized carbons (Fsp3) is 0.231. The maximum Gasteiger partial charge on any atom is 0.271 e. The van der Waals surface area contributed by atoms with Crippen LogP contribution in [0.1, 0.15) is 6.42 Å². The van der Waals surface area contributed by atoms with Crippen LogP contribution in [0, 0.1) is 21.4 Å². The van der Waals surface area contributed by atoms with Gasteiger partial charge in [0.1, 0.15) is 11.6 Å². The molecule has 7 nitrogen and oxygen atoms in total. The van der Waals surface area contributed by atoms with E-state index in [-0.39, 0.29) is 22.0 Å². The molecule has 1 aromatic rings. The van der Waals surface area contributed by atoms with Crippen LogP contribution in [-0.2, 0) is 4.79 Å². The molecule has 9 heteroatoms. The molecule has 1 amide bonds. The Labute approximate surface area is 136 Å². The summed E-state index contributed by atoms with van der Waals surface area (Å²) in [5, 5.41) is 25.0. The second-order valence-electron chi connectivity index (χ2n) is 4.03. The highest BCUT2D eigenvalue weighted by Crippen LogP contribution is 2.26. The zero-order valence-corrected chi connectivity index (χ0v) is 12.8. The van der Waals surface area contributed by atoms with E-state index in [0.29, 0.717) is 18.8 Å². The SMILES string of the molecule is N#C/C(=C/Nc1cc([N+](=O)[O-])ccc1Cl)C(=O)NCCCCl. The first-order valence-corrected chi connectivity index (χ1v) is 7.05. The van der Waals surface area contributed by atoms with Gasteiger partial charge >= 0.3 is 0 Å². The summed E-state index contributed by atoms with van der Waals surface area (Å²) in [6, 6.07) is 5.54. The van der Waals surface area contributed by atoms with Crippen LogP contribution in [0.2, 0.25) is 5.02 Å². The van der Waals surface area contributed by atoms with Crippen LogP contribution >= 0.6 is 23.2 Å². The van der Waals surface area contributed by atoms with E-state index < -0.39 is 10.8 Å². The van der Waals surface area contributed by atoms with Gasteiger partial charge in [0.05, 0.1) is 15.6 Å². The monoisotopic (exact) mass is 342 g/mol. The van der Waals surface area contributed by atoms with Gasteiger partial charge in [-0.3, -0.25) is 14.9 Å². The highest BCUT2D eigenvalue weighted by Gasteiger charge is 2.11. The van der Waals surface area contributed by atoms with Crippen LogP contribution in [0.15, 0.2) is 30.0 Å². The highest BCUT2D eigenvalue weighted by molar-refractivity contribution is 6.33. The molecule has 0 atom stereocenters. The van der Waals surface area contributed by atoms with Gasteiger partial charge in [0.2, 0.25) is 0 Å². The molecule has 0 aliphatic rings. The predicted octanol–water partition coefficient (Wildman–Crippen LogP) is 2.81. The fourth-order valence-electron chi connectivity index (χ4n) is 1.40. The fourth-order valence-corrected chi connectivity index (χ4v) is 1.71. The number of nitro groups is 1. The summed E-state index contributed by atoms with van der Waals surface area (Å²) < 4.78 is 0. The molecular formula is C13H12Cl2N4O3. The Morgan fingerprint density at radius 3 is 2.82 bits per heavy atom. The Balaban J connectivity index is 2.84. The van der Waals surface area contributed by atoms with Crippen molar-refractivity contribution >= 4 is 40.5 Å². The van der Waals surface area contributed by atoms with E-state index in [2.05, 4.69) is 10.6 Å². The van der Waals surface area contributed by atoms with Crippen LogP contribution in [-0.4, -0.2) is 23.3 Å². The molecule has 0 bridgehead atoms. The van der Waals surface area contributed by atoms with Crippen molar-refractivity contribution < 1.29 is 9.72 Å². The predicted molar refractivity (Wildman–Crippen MR) is 83.8 cm³/mol. The first-order chi connectivity index (χ1) is 10.5. The molecule has 0 aliphatic heterocycles. The number of nitrogens with zero attached hydrogens (tertiary/aromatic N) is 2. The smallest absolute Gasteiger partial charge is 0.271 e. The third kappa shape index (κ3) is 5.24. The lowest BCUT2D eigenvalue weighted by molar-refractivity contribution is -0.384. The number of hydrogen-bond acceptors (Lipinski definition) is 5. The number of carbonyl (C=O) groups excluding carboxylic acids is 1. The van der Waals surface area contributed by atoms with Gasteiger partial charge in [0.25, 0.3) is 11.6 Å². The van der Waals surface area contributed by atoms with Crippen LogP contribution in [0.25, 0.3) is 0 Å². The summed E-state index contributed by atoms with van der Waals surface area (Å²) in [6.07, 6.45) is 1.72. The largest absolute Gasteiger partial charge is 0.359 e. The third-order valence-electron chi connectivity index (χ3n) is 2.49. The molecule has 116 valence electrons. The van der Waals surface area contributed by atoms with Crippen LogP contribution in [0.5, 0.6) is 0 Å². The molecule has 0 aromatic heterocycles. The summed E-state index contributed by atoms with van der Waals surface area (Å²) in [4.78, 5) is 21.8. The van der Waals surface area contributed by atoms with Gasteiger partial charge in [-0.25, -0.2) is 0 Å². The molecule has 0 heterocycles. The molecule has 1 aromatic carbocycles. The Bertz CT molecular complexity index is 641. The van der Waals surface area contributed by atoms with Crippen molar-refractivity contribution in [2.45, 2.75) is 6.42 Å². The van der Waals surface area contributed by atoms with Crippen molar-refractivity contribution in [2.75, 3.05) is 17.7 Å². The van der Waals surface area contributed by atoms with E-state index in [4.69, 9.17) is 28.5 Å². The van der Waals surface area contributed by atoms with Crippen LogP contribution < -0.4 is 10.6 Å². The number of rotatable bonds is 7. The van der Waals surface area contributed by atoms with Gasteiger partial charge in [-0.2, -0.15) is 5.26 Å². The number of nitrogens with one attached hydrogen (secondary N) is 2. The average Bonchev–Trinajstić information content (AvgIpc) is 2.49. The molecule has 0 fully saturated rings. The first kappa shape index (κ1) is 17.8. The van der Waals surface area contributed by atoms with Crippen LogP contribution in [0.3, 0.4) is 0 Å². The lowest BCUT2D eigenvalue weighted by atomic mass is 10.2. The third-order valence-corrected chi connectivity index (χ3v) is 3.09. The molecule has 1 rings (SSSR count). The maximum absolute atomic E-state index is 11.7. The van der Waals surface area contributed by atoms with E-state index in [1.165, 1.54) is 18.2 Å². The van der Waals surface area contributed by atoms with Crippen molar-refractivity contribution in [3.63, 3.8) is 0 Å². The molecule has 0 saturated heterocycles. The van der Waals surface area contributed by atoms with Crippen molar-refractivity contribution in [2.24, 2.45) is 0 Å². The Morgan fingerprint density at radius 2 is 2.23 bits per heavy atom. The van der Waals surface area contributed by atoms with Crippen molar-refractivity contribution in [1.29, 1.82) is 5.26 Å². The minimum Gasteiger partial charge on any atom is -0.359 e. The molecule has 2 N–H and O–H groups in total. The molecule has 22 heavy (non-hydrogen) atoms. The number of alkyl halides is 1. The molecule has 0 spiro atoms. The molecule has 0 unspecified atom stereocenters. The lowest BCUT2D eigenvalue weighted by Gasteiger charge is -2.05. The van der Waals surface area contributed by atoms with E-state index >= 15 is 0 Å². The molecular weight excluding hydrogens is 331 g/mol. The second-order valence-corrected chi connectivity index (χ2v) is 4.82. The summed E-state index contributed by atoms with van der Waals surface area (Å²) in [7, 11) is 0. The Kier molecular flexibility index (Phi) is 7.16. The maximum atomic E-state index is 11.7. The number of hydrogen-bond donors (Lipinski definition) is 2. The quantitative estimate of drug-likeness (QED) is 0.198. The van der Waals surface area contributed by atoms with Gasteiger partial charge in [-0.05, 0) is 12.5 Å². The van der Waals surface area contributed by atoms with E-state index in [9.17, 15) is 14.9 Å². The zero-order valence-electron chi connectivity index (χ0n) is 11.3. The zero-order chi connectivity index (χ0) is 16.5. The molecule has 0 aliphatic carbocycles. The van der Waals surface area contributed by atoms with Gasteiger partial charge in [-0.15, -0.1) is 11.6 Å². The minimum absolute atomic E-state index is 0.162. The van der Waals surface area contributed by atoms with Gasteiger partial charge in [0, 0.05) is 30.8 Å². The molecule has 0 saturated carbocycles. The number of halogens is 2. The number of anilines is 1. The van der Waals surface area contributed by atoms with E-state index in [1.807, 2.05) is 0 Å². The van der Waals surface area contributed by atoms with Gasteiger partial charge in [0.15, 0.2) is 0 Å². The minimum atomic E-state index is -0.574. The number of nitriles is 1. The highest BCUT2D eigenvalue weighted by atomic mass is 35.5. The summed E-state index contributed by atoms with van der Waals surface area (Å²) in [5.74, 6) is -0.172. The first-order valence-electron chi connectivity index (χ1n) is 6.14. The number of amides is 1. The van der Waals surface area contributed by atoms with Crippen molar-refractivity contribution in [3.05, 3.63) is 45.1 Å².